The maximum Gasteiger partial charge on any atom is 0.129 e. The Hall–Kier alpha value is -1.97. The minimum absolute atomic E-state index is 0.0912. The van der Waals surface area contributed by atoms with Crippen molar-refractivity contribution in [3.63, 3.8) is 0 Å². The van der Waals surface area contributed by atoms with Crippen molar-refractivity contribution in [1.29, 1.82) is 0 Å². The summed E-state index contributed by atoms with van der Waals surface area (Å²) in [4.78, 5) is 0. The van der Waals surface area contributed by atoms with E-state index in [0.29, 0.717) is 5.82 Å². The first-order valence-electron chi connectivity index (χ1n) is 6.56. The number of benzene rings is 1. The molecule has 0 fully saturated rings. The third kappa shape index (κ3) is 2.07. The molecule has 0 aliphatic carbocycles. The number of fused-ring (bicyclic) bond motifs is 1. The molecule has 0 amide bonds. The minimum Gasteiger partial charge on any atom is -0.488 e. The topological polar surface area (TPSA) is 53.1 Å². The third-order valence-corrected chi connectivity index (χ3v) is 3.75. The molecule has 2 aromatic rings. The van der Waals surface area contributed by atoms with Crippen LogP contribution in [0.1, 0.15) is 25.8 Å². The molecule has 1 aromatic heterocycles. The zero-order chi connectivity index (χ0) is 13.6. The Kier molecular flexibility index (Phi) is 2.55. The Morgan fingerprint density at radius 3 is 2.84 bits per heavy atom. The molecule has 3 rings (SSSR count). The van der Waals surface area contributed by atoms with Crippen LogP contribution in [-0.2, 0) is 13.5 Å². The third-order valence-electron chi connectivity index (χ3n) is 3.75. The van der Waals surface area contributed by atoms with Gasteiger partial charge in [0.15, 0.2) is 0 Å². The Balaban J connectivity index is 2.04. The van der Waals surface area contributed by atoms with Gasteiger partial charge in [-0.3, -0.25) is 4.68 Å². The van der Waals surface area contributed by atoms with Gasteiger partial charge in [0.1, 0.15) is 17.2 Å². The van der Waals surface area contributed by atoms with Crippen LogP contribution in [0, 0.1) is 0 Å². The monoisotopic (exact) mass is 257 g/mol. The highest BCUT2D eigenvalue weighted by Gasteiger charge is 2.26. The van der Waals surface area contributed by atoms with Gasteiger partial charge in [-0.25, -0.2) is 0 Å². The van der Waals surface area contributed by atoms with E-state index in [1.165, 1.54) is 5.56 Å². The second-order valence-corrected chi connectivity index (χ2v) is 5.75. The normalized spacial score (nSPS) is 16.8. The van der Waals surface area contributed by atoms with E-state index in [-0.39, 0.29) is 5.60 Å². The van der Waals surface area contributed by atoms with Gasteiger partial charge in [0, 0.05) is 12.6 Å². The molecule has 100 valence electrons. The lowest BCUT2D eigenvalue weighted by Crippen LogP contribution is -2.32. The highest BCUT2D eigenvalue weighted by atomic mass is 16.5. The van der Waals surface area contributed by atoms with Crippen molar-refractivity contribution in [3.05, 3.63) is 30.0 Å². The highest BCUT2D eigenvalue weighted by Crippen LogP contribution is 2.37. The van der Waals surface area contributed by atoms with Crippen LogP contribution in [0.25, 0.3) is 11.1 Å². The Bertz CT molecular complexity index is 628. The van der Waals surface area contributed by atoms with Crippen molar-refractivity contribution in [1.82, 2.24) is 9.78 Å². The summed E-state index contributed by atoms with van der Waals surface area (Å²) in [5.41, 5.74) is 9.21. The van der Waals surface area contributed by atoms with Crippen LogP contribution in [-0.4, -0.2) is 15.4 Å². The molecule has 1 aliphatic heterocycles. The molecule has 4 heteroatoms. The second-order valence-electron chi connectivity index (χ2n) is 5.75. The second kappa shape index (κ2) is 4.02. The lowest BCUT2D eigenvalue weighted by molar-refractivity contribution is 0.0848. The summed E-state index contributed by atoms with van der Waals surface area (Å²) in [7, 11) is 1.84. The molecule has 0 atom stereocenters. The van der Waals surface area contributed by atoms with Crippen molar-refractivity contribution < 1.29 is 4.74 Å². The van der Waals surface area contributed by atoms with Crippen LogP contribution < -0.4 is 10.5 Å². The fraction of sp³-hybridized carbons (Fsp3) is 0.400. The van der Waals surface area contributed by atoms with E-state index < -0.39 is 0 Å². The van der Waals surface area contributed by atoms with Crippen molar-refractivity contribution in [2.24, 2.45) is 7.05 Å². The quantitative estimate of drug-likeness (QED) is 0.854. The fourth-order valence-electron chi connectivity index (χ4n) is 2.48. The summed E-state index contributed by atoms with van der Waals surface area (Å²) >= 11 is 0. The molecule has 0 saturated heterocycles. The molecule has 19 heavy (non-hydrogen) atoms. The summed E-state index contributed by atoms with van der Waals surface area (Å²) in [6.45, 7) is 4.25. The van der Waals surface area contributed by atoms with E-state index in [1.54, 1.807) is 10.9 Å². The Labute approximate surface area is 113 Å². The fourth-order valence-corrected chi connectivity index (χ4v) is 2.48. The van der Waals surface area contributed by atoms with Crippen LogP contribution in [0.3, 0.4) is 0 Å². The number of anilines is 1. The van der Waals surface area contributed by atoms with Gasteiger partial charge in [-0.15, -0.1) is 0 Å². The van der Waals surface area contributed by atoms with Crippen molar-refractivity contribution >= 4 is 5.82 Å². The molecule has 2 heterocycles. The number of hydrogen-bond donors (Lipinski definition) is 1. The summed E-state index contributed by atoms with van der Waals surface area (Å²) in [5, 5.41) is 4.18. The molecule has 1 aliphatic rings. The van der Waals surface area contributed by atoms with E-state index in [2.05, 4.69) is 37.1 Å². The van der Waals surface area contributed by atoms with Gasteiger partial charge in [-0.1, -0.05) is 12.1 Å². The summed E-state index contributed by atoms with van der Waals surface area (Å²) < 4.78 is 7.74. The number of ether oxygens (including phenoxy) is 1. The predicted octanol–water partition coefficient (Wildman–Crippen LogP) is 2.77. The first kappa shape index (κ1) is 12.1. The van der Waals surface area contributed by atoms with Gasteiger partial charge >= 0.3 is 0 Å². The zero-order valence-electron chi connectivity index (χ0n) is 11.6. The molecule has 0 spiro atoms. The smallest absolute Gasteiger partial charge is 0.129 e. The first-order chi connectivity index (χ1) is 8.96. The van der Waals surface area contributed by atoms with E-state index >= 15 is 0 Å². The Morgan fingerprint density at radius 1 is 1.37 bits per heavy atom. The highest BCUT2D eigenvalue weighted by molar-refractivity contribution is 5.75. The van der Waals surface area contributed by atoms with Crippen LogP contribution in [0.4, 0.5) is 5.82 Å². The van der Waals surface area contributed by atoms with Crippen LogP contribution in [0.15, 0.2) is 24.4 Å². The van der Waals surface area contributed by atoms with E-state index in [9.17, 15) is 0 Å². The van der Waals surface area contributed by atoms with Crippen LogP contribution >= 0.6 is 0 Å². The number of aryl methyl sites for hydroxylation is 2. The van der Waals surface area contributed by atoms with Crippen molar-refractivity contribution in [2.45, 2.75) is 32.3 Å². The summed E-state index contributed by atoms with van der Waals surface area (Å²) in [6, 6.07) is 6.30. The van der Waals surface area contributed by atoms with Gasteiger partial charge in [0.25, 0.3) is 0 Å². The van der Waals surface area contributed by atoms with Crippen molar-refractivity contribution in [2.75, 3.05) is 5.73 Å². The standard InChI is InChI=1S/C15H19N3O/c1-15(2)7-6-10-4-5-11(8-13(10)19-15)12-9-17-18(3)14(12)16/h4-5,8-9H,6-7,16H2,1-3H3. The maximum absolute atomic E-state index is 6.06. The van der Waals surface area contributed by atoms with Gasteiger partial charge in [0.05, 0.1) is 6.20 Å². The molecular weight excluding hydrogens is 238 g/mol. The lowest BCUT2D eigenvalue weighted by Gasteiger charge is -2.32. The molecule has 0 unspecified atom stereocenters. The van der Waals surface area contributed by atoms with Gasteiger partial charge in [0.2, 0.25) is 0 Å². The number of nitrogens with two attached hydrogens (primary N) is 1. The SMILES string of the molecule is Cn1ncc(-c2ccc3c(c2)OC(C)(C)CC3)c1N. The molecule has 0 saturated carbocycles. The van der Waals surface area contributed by atoms with Gasteiger partial charge < -0.3 is 10.5 Å². The molecular formula is C15H19N3O. The maximum atomic E-state index is 6.06. The number of rotatable bonds is 1. The minimum atomic E-state index is -0.0912. The number of nitrogen functional groups attached to an aromatic ring is 1. The lowest BCUT2D eigenvalue weighted by atomic mass is 9.93. The van der Waals surface area contributed by atoms with E-state index in [0.717, 1.165) is 29.7 Å². The van der Waals surface area contributed by atoms with Gasteiger partial charge in [-0.05, 0) is 43.9 Å². The molecule has 2 N–H and O–H groups in total. The summed E-state index contributed by atoms with van der Waals surface area (Å²) in [6.07, 6.45) is 3.91. The molecule has 1 aromatic carbocycles. The van der Waals surface area contributed by atoms with E-state index in [4.69, 9.17) is 10.5 Å². The van der Waals surface area contributed by atoms with Gasteiger partial charge in [-0.2, -0.15) is 5.10 Å². The number of aromatic nitrogens is 2. The number of hydrogen-bond acceptors (Lipinski definition) is 3. The predicted molar refractivity (Wildman–Crippen MR) is 76.1 cm³/mol. The first-order valence-corrected chi connectivity index (χ1v) is 6.56. The largest absolute Gasteiger partial charge is 0.488 e. The summed E-state index contributed by atoms with van der Waals surface area (Å²) in [5.74, 6) is 1.65. The molecule has 0 radical (unpaired) electrons. The average molecular weight is 257 g/mol. The molecule has 4 nitrogen and oxygen atoms in total. The van der Waals surface area contributed by atoms with Crippen molar-refractivity contribution in [3.8, 4) is 16.9 Å². The average Bonchev–Trinajstić information content (AvgIpc) is 2.68. The Morgan fingerprint density at radius 2 is 2.16 bits per heavy atom. The van der Waals surface area contributed by atoms with Crippen LogP contribution in [0.2, 0.25) is 0 Å². The van der Waals surface area contributed by atoms with E-state index in [1.807, 2.05) is 7.05 Å². The van der Waals surface area contributed by atoms with Crippen LogP contribution in [0.5, 0.6) is 5.75 Å². The number of nitrogens with zero attached hydrogens (tertiary/aromatic N) is 2. The zero-order valence-corrected chi connectivity index (χ0v) is 11.6. The molecule has 0 bridgehead atoms.